The first kappa shape index (κ1) is 21.7. The van der Waals surface area contributed by atoms with E-state index in [0.717, 1.165) is 6.26 Å². The molecule has 3 aromatic rings. The molecule has 170 valence electrons. The summed E-state index contributed by atoms with van der Waals surface area (Å²) >= 11 is 5.98. The minimum atomic E-state index is -3.55. The van der Waals surface area contributed by atoms with Crippen LogP contribution in [0.2, 0.25) is 5.02 Å². The smallest absolute Gasteiger partial charge is 0.193 e. The lowest BCUT2D eigenvalue weighted by atomic mass is 9.99. The lowest BCUT2D eigenvalue weighted by Crippen LogP contribution is -2.34. The van der Waals surface area contributed by atoms with Crippen molar-refractivity contribution in [3.63, 3.8) is 0 Å². The Labute approximate surface area is 189 Å². The maximum absolute atomic E-state index is 12.1. The van der Waals surface area contributed by atoms with Crippen LogP contribution in [0.15, 0.2) is 47.9 Å². The Bertz CT molecular complexity index is 1280. The number of halogens is 1. The summed E-state index contributed by atoms with van der Waals surface area (Å²) in [6, 6.07) is 8.49. The van der Waals surface area contributed by atoms with Gasteiger partial charge in [-0.3, -0.25) is 0 Å². The van der Waals surface area contributed by atoms with E-state index in [2.05, 4.69) is 9.97 Å². The second-order valence-corrected chi connectivity index (χ2v) is 10.8. The molecule has 9 nitrogen and oxygen atoms in total. The van der Waals surface area contributed by atoms with E-state index in [-0.39, 0.29) is 5.03 Å². The molecule has 2 saturated heterocycles. The zero-order valence-corrected chi connectivity index (χ0v) is 19.1. The van der Waals surface area contributed by atoms with E-state index in [4.69, 9.17) is 25.8 Å². The summed E-state index contributed by atoms with van der Waals surface area (Å²) in [7, 11) is -3.55. The summed E-state index contributed by atoms with van der Waals surface area (Å²) in [5, 5.41) is 12.0. The van der Waals surface area contributed by atoms with Gasteiger partial charge in [-0.25, -0.2) is 18.4 Å². The normalized spacial score (nSPS) is 28.2. The SMILES string of the molecule is CC1(C)O[C@H]2[C@@H](O1)[C@H](n1ccc3c(S(C)(=O)=O)ncnc31)O[C@@H]2[C@H](O)c1ccc(Cl)cc1. The molecule has 0 radical (unpaired) electrons. The van der Waals surface area contributed by atoms with E-state index >= 15 is 0 Å². The zero-order valence-electron chi connectivity index (χ0n) is 17.5. The number of rotatable bonds is 4. The summed E-state index contributed by atoms with van der Waals surface area (Å²) < 4.78 is 44.5. The number of fused-ring (bicyclic) bond motifs is 2. The average molecular weight is 480 g/mol. The van der Waals surface area contributed by atoms with Gasteiger partial charge in [0.1, 0.15) is 36.4 Å². The van der Waals surface area contributed by atoms with E-state index in [1.165, 1.54) is 6.33 Å². The highest BCUT2D eigenvalue weighted by Crippen LogP contribution is 2.47. The summed E-state index contributed by atoms with van der Waals surface area (Å²) in [6.07, 6.45) is 0.446. The molecule has 5 rings (SSSR count). The standard InChI is InChI=1S/C21H22ClN3O6S/c1-21(2)30-16-15(14(26)11-4-6-12(22)7-5-11)29-20(17(16)31-21)25-9-8-13-18(25)23-10-24-19(13)32(3,27)28/h4-10,14-17,20,26H,1-3H3/t14-,15-,16-,17-,20-/m1/s1. The van der Waals surface area contributed by atoms with Crippen molar-refractivity contribution in [2.45, 2.75) is 55.3 Å². The highest BCUT2D eigenvalue weighted by Gasteiger charge is 2.58. The number of sulfone groups is 1. The van der Waals surface area contributed by atoms with Gasteiger partial charge in [-0.05, 0) is 37.6 Å². The van der Waals surface area contributed by atoms with Gasteiger partial charge in [-0.1, -0.05) is 23.7 Å². The fourth-order valence-corrected chi connectivity index (χ4v) is 5.31. The van der Waals surface area contributed by atoms with Gasteiger partial charge >= 0.3 is 0 Å². The molecule has 1 N–H and O–H groups in total. The zero-order chi connectivity index (χ0) is 22.8. The Morgan fingerprint density at radius 2 is 1.81 bits per heavy atom. The molecule has 4 heterocycles. The van der Waals surface area contributed by atoms with Crippen LogP contribution in [0.1, 0.15) is 31.7 Å². The molecule has 0 amide bonds. The molecule has 0 bridgehead atoms. The van der Waals surface area contributed by atoms with Gasteiger partial charge in [0.25, 0.3) is 0 Å². The first-order valence-electron chi connectivity index (χ1n) is 10.0. The predicted octanol–water partition coefficient (Wildman–Crippen LogP) is 2.64. The minimum Gasteiger partial charge on any atom is -0.386 e. The molecule has 0 unspecified atom stereocenters. The molecular formula is C21H22ClN3O6S. The molecule has 32 heavy (non-hydrogen) atoms. The van der Waals surface area contributed by atoms with E-state index < -0.39 is 46.3 Å². The van der Waals surface area contributed by atoms with Crippen LogP contribution in [0.5, 0.6) is 0 Å². The molecule has 2 aliphatic heterocycles. The van der Waals surface area contributed by atoms with Crippen molar-refractivity contribution in [3.05, 3.63) is 53.4 Å². The molecule has 1 aromatic carbocycles. The van der Waals surface area contributed by atoms with Crippen molar-refractivity contribution < 1.29 is 27.7 Å². The van der Waals surface area contributed by atoms with Crippen molar-refractivity contribution in [2.75, 3.05) is 6.26 Å². The predicted molar refractivity (Wildman–Crippen MR) is 115 cm³/mol. The van der Waals surface area contributed by atoms with Crippen molar-refractivity contribution in [1.82, 2.24) is 14.5 Å². The molecule has 2 fully saturated rings. The Balaban J connectivity index is 1.56. The van der Waals surface area contributed by atoms with Crippen LogP contribution in [0.3, 0.4) is 0 Å². The van der Waals surface area contributed by atoms with E-state index in [1.807, 2.05) is 0 Å². The summed E-state index contributed by atoms with van der Waals surface area (Å²) in [6.45, 7) is 3.59. The van der Waals surface area contributed by atoms with Crippen molar-refractivity contribution in [2.24, 2.45) is 0 Å². The van der Waals surface area contributed by atoms with Crippen LogP contribution in [-0.4, -0.2) is 58.4 Å². The summed E-state index contributed by atoms with van der Waals surface area (Å²) in [5.74, 6) is -0.884. The monoisotopic (exact) mass is 479 g/mol. The Morgan fingerprint density at radius 3 is 2.50 bits per heavy atom. The van der Waals surface area contributed by atoms with Gasteiger partial charge in [0.2, 0.25) is 0 Å². The quantitative estimate of drug-likeness (QED) is 0.568. The van der Waals surface area contributed by atoms with Crippen molar-refractivity contribution in [1.29, 1.82) is 0 Å². The lowest BCUT2D eigenvalue weighted by molar-refractivity contribution is -0.207. The average Bonchev–Trinajstić information content (AvgIpc) is 3.37. The maximum atomic E-state index is 12.1. The first-order valence-corrected chi connectivity index (χ1v) is 12.3. The molecule has 5 atom stereocenters. The second kappa shape index (κ2) is 7.47. The van der Waals surface area contributed by atoms with Crippen LogP contribution < -0.4 is 0 Å². The Kier molecular flexibility index (Phi) is 5.08. The fourth-order valence-electron chi connectivity index (χ4n) is 4.38. The number of aliphatic hydroxyl groups is 1. The van der Waals surface area contributed by atoms with Crippen molar-refractivity contribution >= 4 is 32.5 Å². The number of ether oxygens (including phenoxy) is 3. The van der Waals surface area contributed by atoms with E-state index in [1.54, 1.807) is 54.9 Å². The molecular weight excluding hydrogens is 458 g/mol. The first-order chi connectivity index (χ1) is 15.0. The molecule has 0 saturated carbocycles. The fraction of sp³-hybridized carbons (Fsp3) is 0.429. The van der Waals surface area contributed by atoms with Crippen molar-refractivity contribution in [3.8, 4) is 0 Å². The number of benzene rings is 1. The third kappa shape index (κ3) is 3.60. The van der Waals surface area contributed by atoms with Crippen LogP contribution in [0.4, 0.5) is 0 Å². The topological polar surface area (TPSA) is 113 Å². The van der Waals surface area contributed by atoms with E-state index in [0.29, 0.717) is 21.6 Å². The van der Waals surface area contributed by atoms with Gasteiger partial charge in [0.15, 0.2) is 26.9 Å². The number of aromatic nitrogens is 3. The van der Waals surface area contributed by atoms with Crippen LogP contribution in [-0.2, 0) is 24.0 Å². The van der Waals surface area contributed by atoms with E-state index in [9.17, 15) is 13.5 Å². The molecule has 11 heteroatoms. The summed E-state index contributed by atoms with van der Waals surface area (Å²) in [5.41, 5.74) is 1.02. The highest BCUT2D eigenvalue weighted by atomic mass is 35.5. The molecule has 0 aliphatic carbocycles. The third-order valence-electron chi connectivity index (χ3n) is 5.69. The third-order valence-corrected chi connectivity index (χ3v) is 6.97. The second-order valence-electron chi connectivity index (χ2n) is 8.46. The van der Waals surface area contributed by atoms with Crippen LogP contribution in [0, 0.1) is 0 Å². The van der Waals surface area contributed by atoms with Gasteiger partial charge in [-0.2, -0.15) is 0 Å². The maximum Gasteiger partial charge on any atom is 0.193 e. The van der Waals surface area contributed by atoms with Gasteiger partial charge in [0.05, 0.1) is 5.39 Å². The number of nitrogens with zero attached hydrogens (tertiary/aromatic N) is 3. The number of hydrogen-bond donors (Lipinski definition) is 1. The summed E-state index contributed by atoms with van der Waals surface area (Å²) in [4.78, 5) is 8.22. The Hall–Kier alpha value is -2.08. The number of aliphatic hydroxyl groups excluding tert-OH is 1. The minimum absolute atomic E-state index is 0.0579. The largest absolute Gasteiger partial charge is 0.386 e. The number of hydrogen-bond acceptors (Lipinski definition) is 8. The lowest BCUT2D eigenvalue weighted by Gasteiger charge is -2.27. The highest BCUT2D eigenvalue weighted by molar-refractivity contribution is 7.90. The van der Waals surface area contributed by atoms with Crippen LogP contribution >= 0.6 is 11.6 Å². The van der Waals surface area contributed by atoms with Gasteiger partial charge in [0, 0.05) is 17.5 Å². The molecule has 2 aromatic heterocycles. The molecule has 2 aliphatic rings. The van der Waals surface area contributed by atoms with Gasteiger partial charge in [-0.15, -0.1) is 0 Å². The molecule has 0 spiro atoms. The van der Waals surface area contributed by atoms with Crippen LogP contribution in [0.25, 0.3) is 11.0 Å². The Morgan fingerprint density at radius 1 is 1.12 bits per heavy atom. The van der Waals surface area contributed by atoms with Gasteiger partial charge < -0.3 is 23.9 Å².